The number of terminal acetylenes is 1. The van der Waals surface area contributed by atoms with Crippen molar-refractivity contribution in [1.82, 2.24) is 5.32 Å². The van der Waals surface area contributed by atoms with Gasteiger partial charge in [-0.3, -0.25) is 0 Å². The minimum Gasteiger partial charge on any atom is -0.497 e. The van der Waals surface area contributed by atoms with Gasteiger partial charge in [0.15, 0.2) is 0 Å². The van der Waals surface area contributed by atoms with E-state index in [9.17, 15) is 4.39 Å². The van der Waals surface area contributed by atoms with Crippen LogP contribution in [0.1, 0.15) is 18.9 Å². The predicted molar refractivity (Wildman–Crippen MR) is 62.7 cm³/mol. The molecule has 86 valence electrons. The van der Waals surface area contributed by atoms with E-state index in [0.717, 1.165) is 0 Å². The molecule has 0 heterocycles. The molecule has 0 aromatic heterocycles. The van der Waals surface area contributed by atoms with Crippen molar-refractivity contribution < 1.29 is 9.13 Å². The van der Waals surface area contributed by atoms with Crippen LogP contribution in [0.2, 0.25) is 0 Å². The highest BCUT2D eigenvalue weighted by Gasteiger charge is 2.05. The molecule has 0 fully saturated rings. The average Bonchev–Trinajstić information content (AvgIpc) is 2.27. The molecule has 2 nitrogen and oxygen atoms in total. The van der Waals surface area contributed by atoms with Gasteiger partial charge in [-0.2, -0.15) is 0 Å². The fourth-order valence-corrected chi connectivity index (χ4v) is 1.33. The summed E-state index contributed by atoms with van der Waals surface area (Å²) in [6, 6.07) is 5.02. The van der Waals surface area contributed by atoms with E-state index in [1.54, 1.807) is 12.1 Å². The fraction of sp³-hybridized carbons (Fsp3) is 0.385. The van der Waals surface area contributed by atoms with Crippen LogP contribution in [0.5, 0.6) is 5.75 Å². The first-order valence-corrected chi connectivity index (χ1v) is 5.16. The molecule has 0 bridgehead atoms. The van der Waals surface area contributed by atoms with Gasteiger partial charge < -0.3 is 10.1 Å². The number of ether oxygens (including phenoxy) is 1. The van der Waals surface area contributed by atoms with E-state index >= 15 is 0 Å². The molecule has 1 unspecified atom stereocenters. The number of methoxy groups -OCH3 is 1. The van der Waals surface area contributed by atoms with E-state index in [4.69, 9.17) is 11.2 Å². The smallest absolute Gasteiger partial charge is 0.131 e. The third-order valence-corrected chi connectivity index (χ3v) is 2.33. The Morgan fingerprint density at radius 2 is 2.31 bits per heavy atom. The lowest BCUT2D eigenvalue weighted by Crippen LogP contribution is -2.25. The standard InChI is InChI=1S/C13H16FNO/c1-4-5-10(2)15-9-11-6-7-12(16-3)8-13(11)14/h1,6-8,10,15H,5,9H2,2-3H3. The monoisotopic (exact) mass is 221 g/mol. The zero-order chi connectivity index (χ0) is 12.0. The topological polar surface area (TPSA) is 21.3 Å². The predicted octanol–water partition coefficient (Wildman–Crippen LogP) is 2.34. The van der Waals surface area contributed by atoms with Crippen LogP contribution in [0, 0.1) is 18.2 Å². The minimum absolute atomic E-state index is 0.187. The van der Waals surface area contributed by atoms with Crippen LogP contribution in [0.25, 0.3) is 0 Å². The van der Waals surface area contributed by atoms with Crippen LogP contribution in [0.3, 0.4) is 0 Å². The zero-order valence-corrected chi connectivity index (χ0v) is 9.59. The third kappa shape index (κ3) is 3.56. The molecule has 1 aromatic carbocycles. The maximum atomic E-state index is 13.5. The van der Waals surface area contributed by atoms with Gasteiger partial charge in [-0.05, 0) is 13.0 Å². The van der Waals surface area contributed by atoms with Crippen LogP contribution >= 0.6 is 0 Å². The van der Waals surface area contributed by atoms with E-state index < -0.39 is 0 Å². The van der Waals surface area contributed by atoms with Crippen molar-refractivity contribution in [2.24, 2.45) is 0 Å². The summed E-state index contributed by atoms with van der Waals surface area (Å²) in [6.45, 7) is 2.44. The lowest BCUT2D eigenvalue weighted by Gasteiger charge is -2.11. The number of hydrogen-bond donors (Lipinski definition) is 1. The van der Waals surface area contributed by atoms with Crippen molar-refractivity contribution in [3.05, 3.63) is 29.6 Å². The highest BCUT2D eigenvalue weighted by atomic mass is 19.1. The summed E-state index contributed by atoms with van der Waals surface area (Å²) < 4.78 is 18.4. The molecule has 1 aromatic rings. The number of benzene rings is 1. The molecule has 0 aliphatic rings. The normalized spacial score (nSPS) is 11.9. The molecule has 0 spiro atoms. The molecule has 0 saturated heterocycles. The number of halogens is 1. The Balaban J connectivity index is 2.58. The lowest BCUT2D eigenvalue weighted by atomic mass is 10.1. The summed E-state index contributed by atoms with van der Waals surface area (Å²) in [5.41, 5.74) is 0.615. The van der Waals surface area contributed by atoms with Crippen LogP contribution in [-0.2, 0) is 6.54 Å². The van der Waals surface area contributed by atoms with Gasteiger partial charge in [-0.1, -0.05) is 6.07 Å². The van der Waals surface area contributed by atoms with Gasteiger partial charge >= 0.3 is 0 Å². The number of nitrogens with one attached hydrogen (secondary N) is 1. The maximum Gasteiger partial charge on any atom is 0.131 e. The molecule has 1 atom stereocenters. The first-order valence-electron chi connectivity index (χ1n) is 5.16. The molecule has 0 aliphatic carbocycles. The minimum atomic E-state index is -0.264. The van der Waals surface area contributed by atoms with Crippen molar-refractivity contribution in [2.75, 3.05) is 7.11 Å². The van der Waals surface area contributed by atoms with Gasteiger partial charge in [0.2, 0.25) is 0 Å². The molecule has 0 amide bonds. The largest absolute Gasteiger partial charge is 0.497 e. The highest BCUT2D eigenvalue weighted by molar-refractivity contribution is 5.28. The molecule has 1 N–H and O–H groups in total. The van der Waals surface area contributed by atoms with Crippen molar-refractivity contribution >= 4 is 0 Å². The quantitative estimate of drug-likeness (QED) is 0.770. The van der Waals surface area contributed by atoms with Gasteiger partial charge in [0.1, 0.15) is 11.6 Å². The van der Waals surface area contributed by atoms with E-state index in [0.29, 0.717) is 24.3 Å². The van der Waals surface area contributed by atoms with E-state index in [-0.39, 0.29) is 11.9 Å². The average molecular weight is 221 g/mol. The van der Waals surface area contributed by atoms with Crippen molar-refractivity contribution in [3.63, 3.8) is 0 Å². The molecule has 0 radical (unpaired) electrons. The number of hydrogen-bond acceptors (Lipinski definition) is 2. The van der Waals surface area contributed by atoms with Gasteiger partial charge in [0, 0.05) is 30.6 Å². The van der Waals surface area contributed by atoms with Crippen LogP contribution in [-0.4, -0.2) is 13.2 Å². The summed E-state index contributed by atoms with van der Waals surface area (Å²) in [5, 5.41) is 3.15. The first kappa shape index (κ1) is 12.5. The number of rotatable bonds is 5. The Kier molecular flexibility index (Phi) is 4.81. The second-order valence-corrected chi connectivity index (χ2v) is 3.65. The summed E-state index contributed by atoms with van der Waals surface area (Å²) in [4.78, 5) is 0. The SMILES string of the molecule is C#CCC(C)NCc1ccc(OC)cc1F. The Labute approximate surface area is 95.8 Å². The maximum absolute atomic E-state index is 13.5. The van der Waals surface area contributed by atoms with E-state index in [1.807, 2.05) is 6.92 Å². The van der Waals surface area contributed by atoms with Crippen LogP contribution < -0.4 is 10.1 Å². The van der Waals surface area contributed by atoms with Crippen LogP contribution in [0.15, 0.2) is 18.2 Å². The Hall–Kier alpha value is -1.53. The molecule has 0 aliphatic heterocycles. The highest BCUT2D eigenvalue weighted by Crippen LogP contribution is 2.16. The van der Waals surface area contributed by atoms with Gasteiger partial charge in [0.05, 0.1) is 7.11 Å². The Morgan fingerprint density at radius 3 is 2.88 bits per heavy atom. The first-order chi connectivity index (χ1) is 7.67. The third-order valence-electron chi connectivity index (χ3n) is 2.33. The van der Waals surface area contributed by atoms with Gasteiger partial charge in [0.25, 0.3) is 0 Å². The van der Waals surface area contributed by atoms with Gasteiger partial charge in [-0.15, -0.1) is 12.3 Å². The molecule has 3 heteroatoms. The molecular formula is C13H16FNO. The molecule has 0 saturated carbocycles. The fourth-order valence-electron chi connectivity index (χ4n) is 1.33. The second-order valence-electron chi connectivity index (χ2n) is 3.65. The molecule has 16 heavy (non-hydrogen) atoms. The zero-order valence-electron chi connectivity index (χ0n) is 9.59. The van der Waals surface area contributed by atoms with Crippen molar-refractivity contribution in [1.29, 1.82) is 0 Å². The molecular weight excluding hydrogens is 205 g/mol. The van der Waals surface area contributed by atoms with Crippen molar-refractivity contribution in [3.8, 4) is 18.1 Å². The van der Waals surface area contributed by atoms with Gasteiger partial charge in [-0.25, -0.2) is 4.39 Å². The Morgan fingerprint density at radius 1 is 1.56 bits per heavy atom. The second kappa shape index (κ2) is 6.14. The van der Waals surface area contributed by atoms with Crippen LogP contribution in [0.4, 0.5) is 4.39 Å². The summed E-state index contributed by atoms with van der Waals surface area (Å²) in [7, 11) is 1.52. The van der Waals surface area contributed by atoms with E-state index in [1.165, 1.54) is 13.2 Å². The van der Waals surface area contributed by atoms with Crippen molar-refractivity contribution in [2.45, 2.75) is 25.9 Å². The summed E-state index contributed by atoms with van der Waals surface area (Å²) in [5.74, 6) is 2.82. The Bertz CT molecular complexity index is 384. The van der Waals surface area contributed by atoms with E-state index in [2.05, 4.69) is 11.2 Å². The summed E-state index contributed by atoms with van der Waals surface area (Å²) in [6.07, 6.45) is 5.82. The molecule has 1 rings (SSSR count). The summed E-state index contributed by atoms with van der Waals surface area (Å²) >= 11 is 0. The lowest BCUT2D eigenvalue weighted by molar-refractivity contribution is 0.410.